The number of benzene rings is 1. The first kappa shape index (κ1) is 14.9. The average molecular weight is 275 g/mol. The summed E-state index contributed by atoms with van der Waals surface area (Å²) in [6.07, 6.45) is 0. The van der Waals surface area contributed by atoms with Gasteiger partial charge in [-0.3, -0.25) is 0 Å². The number of nitrogens with two attached hydrogens (primary N) is 1. The third-order valence-corrected chi connectivity index (χ3v) is 4.15. The van der Waals surface area contributed by atoms with Crippen LogP contribution in [0.2, 0.25) is 0 Å². The van der Waals surface area contributed by atoms with Crippen molar-refractivity contribution >= 4 is 9.84 Å². The van der Waals surface area contributed by atoms with Crippen molar-refractivity contribution in [1.29, 1.82) is 0 Å². The second-order valence-corrected chi connectivity index (χ2v) is 7.05. The molecule has 1 aromatic rings. The van der Waals surface area contributed by atoms with Crippen molar-refractivity contribution in [2.24, 2.45) is 5.73 Å². The molecule has 0 saturated heterocycles. The van der Waals surface area contributed by atoms with E-state index in [0.29, 0.717) is 5.56 Å². The molecule has 0 aliphatic heterocycles. The van der Waals surface area contributed by atoms with E-state index in [1.54, 1.807) is 13.8 Å². The van der Waals surface area contributed by atoms with Crippen LogP contribution >= 0.6 is 0 Å². The SMILES string of the molecule is COc1ccc(CS(=O)(=O)CC(C)(C)N)cc1F. The van der Waals surface area contributed by atoms with E-state index in [0.717, 1.165) is 0 Å². The normalized spacial score (nSPS) is 12.5. The third-order valence-electron chi connectivity index (χ3n) is 2.19. The fourth-order valence-electron chi connectivity index (χ4n) is 1.67. The zero-order valence-corrected chi connectivity index (χ0v) is 11.6. The van der Waals surface area contributed by atoms with E-state index in [-0.39, 0.29) is 17.3 Å². The number of hydrogen-bond acceptors (Lipinski definition) is 4. The van der Waals surface area contributed by atoms with Crippen LogP contribution in [0, 0.1) is 5.82 Å². The number of halogens is 1. The molecule has 0 aliphatic rings. The van der Waals surface area contributed by atoms with Crippen LogP contribution in [0.1, 0.15) is 19.4 Å². The topological polar surface area (TPSA) is 69.4 Å². The van der Waals surface area contributed by atoms with Crippen LogP contribution in [0.4, 0.5) is 4.39 Å². The predicted octanol–water partition coefficient (Wildman–Crippen LogP) is 1.49. The summed E-state index contributed by atoms with van der Waals surface area (Å²) in [5, 5.41) is 0. The number of ether oxygens (including phenoxy) is 1. The number of hydrogen-bond donors (Lipinski definition) is 1. The Hall–Kier alpha value is -1.14. The van der Waals surface area contributed by atoms with Crippen LogP contribution in [-0.2, 0) is 15.6 Å². The van der Waals surface area contributed by atoms with Crippen LogP contribution in [0.3, 0.4) is 0 Å². The van der Waals surface area contributed by atoms with Gasteiger partial charge in [-0.1, -0.05) is 6.07 Å². The molecular formula is C12H18FNO3S. The molecule has 2 N–H and O–H groups in total. The largest absolute Gasteiger partial charge is 0.494 e. The first-order chi connectivity index (χ1) is 8.13. The van der Waals surface area contributed by atoms with Gasteiger partial charge in [0, 0.05) is 5.54 Å². The fraction of sp³-hybridized carbons (Fsp3) is 0.500. The van der Waals surface area contributed by atoms with Crippen molar-refractivity contribution in [3.05, 3.63) is 29.6 Å². The van der Waals surface area contributed by atoms with E-state index in [2.05, 4.69) is 0 Å². The lowest BCUT2D eigenvalue weighted by atomic mass is 10.1. The molecule has 0 saturated carbocycles. The third kappa shape index (κ3) is 4.62. The van der Waals surface area contributed by atoms with Crippen LogP contribution in [0.5, 0.6) is 5.75 Å². The highest BCUT2D eigenvalue weighted by atomic mass is 32.2. The Bertz CT molecular complexity index is 521. The first-order valence-corrected chi connectivity index (χ1v) is 7.27. The molecule has 18 heavy (non-hydrogen) atoms. The summed E-state index contributed by atoms with van der Waals surface area (Å²) < 4.78 is 41.9. The van der Waals surface area contributed by atoms with Gasteiger partial charge in [0.05, 0.1) is 18.6 Å². The summed E-state index contributed by atoms with van der Waals surface area (Å²) in [6.45, 7) is 3.28. The van der Waals surface area contributed by atoms with Crippen molar-refractivity contribution in [2.45, 2.75) is 25.1 Å². The van der Waals surface area contributed by atoms with E-state index in [1.807, 2.05) is 0 Å². The lowest BCUT2D eigenvalue weighted by Gasteiger charge is -2.18. The van der Waals surface area contributed by atoms with Gasteiger partial charge in [0.2, 0.25) is 0 Å². The van der Waals surface area contributed by atoms with Gasteiger partial charge in [-0.15, -0.1) is 0 Å². The van der Waals surface area contributed by atoms with Gasteiger partial charge in [-0.05, 0) is 31.5 Å². The van der Waals surface area contributed by atoms with E-state index in [4.69, 9.17) is 10.5 Å². The van der Waals surface area contributed by atoms with Gasteiger partial charge < -0.3 is 10.5 Å². The smallest absolute Gasteiger partial charge is 0.165 e. The Kier molecular flexibility index (Phi) is 4.34. The molecule has 6 heteroatoms. The van der Waals surface area contributed by atoms with Crippen LogP contribution in [0.15, 0.2) is 18.2 Å². The molecule has 0 aliphatic carbocycles. The van der Waals surface area contributed by atoms with Gasteiger partial charge in [-0.25, -0.2) is 12.8 Å². The first-order valence-electron chi connectivity index (χ1n) is 5.45. The highest BCUT2D eigenvalue weighted by molar-refractivity contribution is 7.90. The van der Waals surface area contributed by atoms with Crippen LogP contribution < -0.4 is 10.5 Å². The highest BCUT2D eigenvalue weighted by Gasteiger charge is 2.22. The Morgan fingerprint density at radius 2 is 2.00 bits per heavy atom. The van der Waals surface area contributed by atoms with Crippen molar-refractivity contribution < 1.29 is 17.5 Å². The number of methoxy groups -OCH3 is 1. The van der Waals surface area contributed by atoms with Gasteiger partial charge in [0.15, 0.2) is 21.4 Å². The molecule has 0 aromatic heterocycles. The van der Waals surface area contributed by atoms with E-state index in [1.165, 1.54) is 25.3 Å². The number of sulfone groups is 1. The molecule has 1 aromatic carbocycles. The molecule has 0 unspecified atom stereocenters. The van der Waals surface area contributed by atoms with Crippen molar-refractivity contribution in [2.75, 3.05) is 12.9 Å². The molecule has 0 spiro atoms. The maximum atomic E-state index is 13.4. The van der Waals surface area contributed by atoms with E-state index < -0.39 is 21.2 Å². The van der Waals surface area contributed by atoms with E-state index in [9.17, 15) is 12.8 Å². The molecule has 0 bridgehead atoms. The fourth-order valence-corrected chi connectivity index (χ4v) is 3.59. The van der Waals surface area contributed by atoms with Crippen molar-refractivity contribution in [1.82, 2.24) is 0 Å². The summed E-state index contributed by atoms with van der Waals surface area (Å²) in [5.41, 5.74) is 5.26. The van der Waals surface area contributed by atoms with Gasteiger partial charge >= 0.3 is 0 Å². The zero-order valence-electron chi connectivity index (χ0n) is 10.7. The molecule has 102 valence electrons. The zero-order chi connectivity index (χ0) is 14.0. The Morgan fingerprint density at radius 1 is 1.39 bits per heavy atom. The quantitative estimate of drug-likeness (QED) is 0.884. The predicted molar refractivity (Wildman–Crippen MR) is 68.7 cm³/mol. The van der Waals surface area contributed by atoms with Gasteiger partial charge in [0.1, 0.15) is 0 Å². The van der Waals surface area contributed by atoms with E-state index >= 15 is 0 Å². The summed E-state index contributed by atoms with van der Waals surface area (Å²) >= 11 is 0. The average Bonchev–Trinajstić information content (AvgIpc) is 2.12. The standard InChI is InChI=1S/C12H18FNO3S/c1-12(2,14)8-18(15,16)7-9-4-5-11(17-3)10(13)6-9/h4-6H,7-8,14H2,1-3H3. The van der Waals surface area contributed by atoms with Crippen LogP contribution in [-0.4, -0.2) is 26.8 Å². The number of rotatable bonds is 5. The van der Waals surface area contributed by atoms with Gasteiger partial charge in [0.25, 0.3) is 0 Å². The molecule has 0 radical (unpaired) electrons. The molecule has 0 amide bonds. The Labute approximate surface area is 107 Å². The van der Waals surface area contributed by atoms with Crippen molar-refractivity contribution in [3.8, 4) is 5.75 Å². The second-order valence-electron chi connectivity index (χ2n) is 4.99. The Morgan fingerprint density at radius 3 is 2.44 bits per heavy atom. The summed E-state index contributed by atoms with van der Waals surface area (Å²) in [4.78, 5) is 0. The van der Waals surface area contributed by atoms with Crippen LogP contribution in [0.25, 0.3) is 0 Å². The molecule has 0 atom stereocenters. The molecule has 0 fully saturated rings. The van der Waals surface area contributed by atoms with Gasteiger partial charge in [-0.2, -0.15) is 0 Å². The minimum absolute atomic E-state index is 0.0929. The molecule has 1 rings (SSSR count). The lowest BCUT2D eigenvalue weighted by Crippen LogP contribution is -2.40. The lowest BCUT2D eigenvalue weighted by molar-refractivity contribution is 0.386. The summed E-state index contributed by atoms with van der Waals surface area (Å²) in [5.74, 6) is -0.852. The molecular weight excluding hydrogens is 257 g/mol. The summed E-state index contributed by atoms with van der Waals surface area (Å²) in [6, 6.07) is 4.11. The maximum absolute atomic E-state index is 13.4. The molecule has 0 heterocycles. The second kappa shape index (κ2) is 5.24. The minimum atomic E-state index is -3.36. The monoisotopic (exact) mass is 275 g/mol. The minimum Gasteiger partial charge on any atom is -0.494 e. The van der Waals surface area contributed by atoms with Crippen molar-refractivity contribution in [3.63, 3.8) is 0 Å². The molecule has 4 nitrogen and oxygen atoms in total. The maximum Gasteiger partial charge on any atom is 0.165 e. The highest BCUT2D eigenvalue weighted by Crippen LogP contribution is 2.19. The summed E-state index contributed by atoms with van der Waals surface area (Å²) in [7, 11) is -2.01. The Balaban J connectivity index is 2.88.